The lowest BCUT2D eigenvalue weighted by Gasteiger charge is -2.49. The Morgan fingerprint density at radius 2 is 1.93 bits per heavy atom. The van der Waals surface area contributed by atoms with Crippen LogP contribution in [0.2, 0.25) is 5.02 Å². The van der Waals surface area contributed by atoms with Crippen LogP contribution in [0, 0.1) is 18.7 Å². The summed E-state index contributed by atoms with van der Waals surface area (Å²) in [6.45, 7) is 2.69. The normalized spacial score (nSPS) is 27.8. The van der Waals surface area contributed by atoms with Crippen LogP contribution in [0.1, 0.15) is 49.7 Å². The molecule has 3 fully saturated rings. The van der Waals surface area contributed by atoms with Gasteiger partial charge in [-0.3, -0.25) is 4.90 Å². The molecule has 248 valence electrons. The highest BCUT2D eigenvalue weighted by molar-refractivity contribution is 6.36. The van der Waals surface area contributed by atoms with Gasteiger partial charge in [0, 0.05) is 39.6 Å². The van der Waals surface area contributed by atoms with Crippen molar-refractivity contribution >= 4 is 34.1 Å². The molecule has 1 aliphatic carbocycles. The van der Waals surface area contributed by atoms with Crippen LogP contribution in [0.4, 0.5) is 33.6 Å². The number of aryl methyl sites for hydroxylation is 1. The summed E-state index contributed by atoms with van der Waals surface area (Å²) < 4.78 is 87.3. The third kappa shape index (κ3) is 4.98. The summed E-state index contributed by atoms with van der Waals surface area (Å²) >= 11 is 6.86. The number of fused-ring (bicyclic) bond motifs is 1. The molecule has 5 heterocycles. The average Bonchev–Trinajstić information content (AvgIpc) is 3.48. The van der Waals surface area contributed by atoms with Gasteiger partial charge in [-0.15, -0.1) is 0 Å². The minimum absolute atomic E-state index is 0.0329. The fourth-order valence-corrected chi connectivity index (χ4v) is 8.22. The Balaban J connectivity index is 1.44. The number of anilines is 2. The van der Waals surface area contributed by atoms with Crippen molar-refractivity contribution in [1.29, 1.82) is 0 Å². The third-order valence-electron chi connectivity index (χ3n) is 10.1. The van der Waals surface area contributed by atoms with E-state index in [9.17, 15) is 22.7 Å². The molecule has 2 aromatic heterocycles. The highest BCUT2D eigenvalue weighted by Crippen LogP contribution is 2.54. The Morgan fingerprint density at radius 1 is 1.17 bits per heavy atom. The number of ether oxygens (including phenoxy) is 2. The average molecular weight is 669 g/mol. The van der Waals surface area contributed by atoms with E-state index in [0.29, 0.717) is 32.4 Å². The van der Waals surface area contributed by atoms with Crippen LogP contribution in [0.15, 0.2) is 6.07 Å². The van der Waals surface area contributed by atoms with E-state index >= 15 is 4.39 Å². The van der Waals surface area contributed by atoms with Gasteiger partial charge in [-0.25, -0.2) is 13.8 Å². The molecule has 15 heteroatoms. The first-order chi connectivity index (χ1) is 21.7. The fourth-order valence-electron chi connectivity index (χ4n) is 7.92. The van der Waals surface area contributed by atoms with E-state index in [4.69, 9.17) is 26.8 Å². The van der Waals surface area contributed by atoms with Crippen molar-refractivity contribution in [2.24, 2.45) is 5.92 Å². The van der Waals surface area contributed by atoms with Crippen LogP contribution in [-0.2, 0) is 6.18 Å². The number of aromatic nitrogens is 3. The van der Waals surface area contributed by atoms with Gasteiger partial charge in [0.25, 0.3) is 0 Å². The summed E-state index contributed by atoms with van der Waals surface area (Å²) in [5, 5.41) is 9.39. The number of benzene rings is 1. The van der Waals surface area contributed by atoms with E-state index in [1.165, 1.54) is 6.92 Å². The van der Waals surface area contributed by atoms with E-state index in [1.54, 1.807) is 11.9 Å². The molecule has 0 unspecified atom stereocenters. The third-order valence-corrected chi connectivity index (χ3v) is 10.5. The Bertz CT molecular complexity index is 1720. The quantitative estimate of drug-likeness (QED) is 0.331. The predicted molar refractivity (Wildman–Crippen MR) is 161 cm³/mol. The molecule has 46 heavy (non-hydrogen) atoms. The molecule has 2 atom stereocenters. The number of hydrogen-bond acceptors (Lipinski definition) is 9. The second-order valence-corrected chi connectivity index (χ2v) is 13.6. The molecule has 0 bridgehead atoms. The Kier molecular flexibility index (Phi) is 7.44. The smallest absolute Gasteiger partial charge is 0.418 e. The zero-order chi connectivity index (χ0) is 32.8. The van der Waals surface area contributed by atoms with E-state index in [0.717, 1.165) is 25.5 Å². The molecule has 0 amide bonds. The number of alkyl halides is 4. The first-order valence-electron chi connectivity index (χ1n) is 15.3. The number of aliphatic hydroxyl groups is 1. The van der Waals surface area contributed by atoms with Crippen molar-refractivity contribution in [3.8, 4) is 23.0 Å². The molecule has 2 saturated heterocycles. The van der Waals surface area contributed by atoms with Gasteiger partial charge in [-0.05, 0) is 56.7 Å². The summed E-state index contributed by atoms with van der Waals surface area (Å²) in [6, 6.07) is 0.855. The molecular weight excluding hydrogens is 635 g/mol. The SMILES string of the molecule is Cc1cc(N)nc(-c2c(Cl)c3c4c(nc(OC[C@@]56CCCN5C[C@H](F)C6)nc4c2F)N(C)CCC2(CC(CO)C2)O3)c1C(F)(F)F. The number of hydrogen-bond donors (Lipinski definition) is 2. The molecule has 1 spiro atoms. The van der Waals surface area contributed by atoms with Gasteiger partial charge in [0.15, 0.2) is 11.6 Å². The lowest BCUT2D eigenvalue weighted by Crippen LogP contribution is -2.52. The van der Waals surface area contributed by atoms with Crippen molar-refractivity contribution < 1.29 is 36.5 Å². The van der Waals surface area contributed by atoms with Gasteiger partial charge in [0.2, 0.25) is 0 Å². The number of halogens is 6. The number of nitrogens with zero attached hydrogens (tertiary/aromatic N) is 5. The second-order valence-electron chi connectivity index (χ2n) is 13.2. The highest BCUT2D eigenvalue weighted by atomic mass is 35.5. The summed E-state index contributed by atoms with van der Waals surface area (Å²) in [6.07, 6.45) is -2.61. The van der Waals surface area contributed by atoms with Gasteiger partial charge in [0.05, 0.1) is 32.8 Å². The molecule has 9 nitrogen and oxygen atoms in total. The standard InChI is InChI=1S/C31H34ClF5N6O3/c1-15-8-18(38)39-24(21(15)31(35,36)37)19-22(32)26-20-25(23(19)34)40-28(45-14-29-4-3-6-43(29)12-17(33)11-29)41-27(20)42(2)7-5-30(46-26)9-16(10-30)13-44/h8,16-17,44H,3-7,9-14H2,1-2H3,(H2,38,39)/t16?,17-,29+,30?/m1/s1. The largest absolute Gasteiger partial charge is 0.485 e. The lowest BCUT2D eigenvalue weighted by molar-refractivity contribution is -0.137. The monoisotopic (exact) mass is 668 g/mol. The fraction of sp³-hybridized carbons (Fsp3) is 0.581. The van der Waals surface area contributed by atoms with Gasteiger partial charge < -0.3 is 25.2 Å². The molecule has 1 saturated carbocycles. The number of nitrogens with two attached hydrogens (primary N) is 1. The zero-order valence-electron chi connectivity index (χ0n) is 25.4. The molecule has 0 radical (unpaired) electrons. The molecule has 3 aromatic rings. The van der Waals surface area contributed by atoms with Gasteiger partial charge in [0.1, 0.15) is 35.5 Å². The van der Waals surface area contributed by atoms with E-state index < -0.39 is 51.1 Å². The molecule has 3 N–H and O–H groups in total. The Labute approximate surface area is 266 Å². The number of rotatable bonds is 5. The second kappa shape index (κ2) is 10.9. The summed E-state index contributed by atoms with van der Waals surface area (Å²) in [4.78, 5) is 16.8. The Morgan fingerprint density at radius 3 is 2.65 bits per heavy atom. The minimum Gasteiger partial charge on any atom is -0.485 e. The van der Waals surface area contributed by atoms with Gasteiger partial charge in [-0.2, -0.15) is 23.1 Å². The maximum absolute atomic E-state index is 16.9. The van der Waals surface area contributed by atoms with Gasteiger partial charge in [-0.1, -0.05) is 11.6 Å². The summed E-state index contributed by atoms with van der Waals surface area (Å²) in [5.41, 5.74) is 1.29. The topological polar surface area (TPSA) is 110 Å². The predicted octanol–water partition coefficient (Wildman–Crippen LogP) is 5.71. The minimum atomic E-state index is -4.92. The van der Waals surface area contributed by atoms with Gasteiger partial charge >= 0.3 is 12.2 Å². The molecule has 3 aliphatic heterocycles. The number of aliphatic hydroxyl groups excluding tert-OH is 1. The van der Waals surface area contributed by atoms with Crippen LogP contribution in [0.3, 0.4) is 0 Å². The number of pyridine rings is 1. The molecular formula is C31H34ClF5N6O3. The van der Waals surface area contributed by atoms with Crippen molar-refractivity contribution in [3.63, 3.8) is 0 Å². The number of nitrogen functional groups attached to an aromatic ring is 1. The van der Waals surface area contributed by atoms with Crippen molar-refractivity contribution in [3.05, 3.63) is 28.0 Å². The van der Waals surface area contributed by atoms with Crippen molar-refractivity contribution in [2.45, 2.75) is 68.9 Å². The first-order valence-corrected chi connectivity index (χ1v) is 15.7. The van der Waals surface area contributed by atoms with Crippen LogP contribution >= 0.6 is 11.6 Å². The molecule has 1 aromatic carbocycles. The lowest BCUT2D eigenvalue weighted by atomic mass is 9.69. The van der Waals surface area contributed by atoms with Crippen LogP contribution in [0.5, 0.6) is 11.8 Å². The summed E-state index contributed by atoms with van der Waals surface area (Å²) in [7, 11) is 1.75. The zero-order valence-corrected chi connectivity index (χ0v) is 26.1. The maximum Gasteiger partial charge on any atom is 0.418 e. The van der Waals surface area contributed by atoms with Crippen LogP contribution in [0.25, 0.3) is 22.2 Å². The maximum atomic E-state index is 16.9. The Hall–Kier alpha value is -3.23. The molecule has 7 rings (SSSR count). The molecule has 4 aliphatic rings. The first kappa shape index (κ1) is 31.4. The van der Waals surface area contributed by atoms with Crippen molar-refractivity contribution in [2.75, 3.05) is 50.5 Å². The van der Waals surface area contributed by atoms with Crippen molar-refractivity contribution in [1.82, 2.24) is 19.9 Å². The highest BCUT2D eigenvalue weighted by Gasteiger charge is 2.50. The van der Waals surface area contributed by atoms with E-state index in [1.807, 2.05) is 0 Å². The van der Waals surface area contributed by atoms with Crippen LogP contribution < -0.4 is 20.1 Å². The van der Waals surface area contributed by atoms with E-state index in [2.05, 4.69) is 19.9 Å². The van der Waals surface area contributed by atoms with E-state index in [-0.39, 0.29) is 65.4 Å². The summed E-state index contributed by atoms with van der Waals surface area (Å²) in [5.74, 6) is -1.31. The van der Waals surface area contributed by atoms with Crippen LogP contribution in [-0.4, -0.2) is 82.2 Å².